The number of hydrogen-bond acceptors (Lipinski definition) is 4. The molecule has 1 heterocycles. The average Bonchev–Trinajstić information content (AvgIpc) is 2.36. The van der Waals surface area contributed by atoms with E-state index < -0.39 is 15.3 Å². The zero-order valence-corrected chi connectivity index (χ0v) is 11.9. The van der Waals surface area contributed by atoms with Crippen LogP contribution in [0.25, 0.3) is 0 Å². The van der Waals surface area contributed by atoms with Gasteiger partial charge in [0.25, 0.3) is 0 Å². The molecule has 0 saturated carbocycles. The summed E-state index contributed by atoms with van der Waals surface area (Å²) in [7, 11) is -1.66. The Balaban J connectivity index is 2.67. The van der Waals surface area contributed by atoms with Crippen LogP contribution in [0.1, 0.15) is 19.4 Å². The second kappa shape index (κ2) is 6.82. The number of sulfonamides is 1. The van der Waals surface area contributed by atoms with E-state index in [-0.39, 0.29) is 0 Å². The number of pyridine rings is 1. The zero-order valence-electron chi connectivity index (χ0n) is 11.1. The van der Waals surface area contributed by atoms with Gasteiger partial charge in [-0.1, -0.05) is 13.0 Å². The highest BCUT2D eigenvalue weighted by Gasteiger charge is 2.25. The highest BCUT2D eigenvalue weighted by atomic mass is 32.2. The van der Waals surface area contributed by atoms with Crippen molar-refractivity contribution < 1.29 is 8.42 Å². The molecule has 0 fully saturated rings. The van der Waals surface area contributed by atoms with Gasteiger partial charge in [-0.15, -0.1) is 0 Å². The molecule has 1 aromatic heterocycles. The summed E-state index contributed by atoms with van der Waals surface area (Å²) in [4.78, 5) is 3.98. The van der Waals surface area contributed by atoms with Gasteiger partial charge in [-0.2, -0.15) is 0 Å². The van der Waals surface area contributed by atoms with Crippen LogP contribution in [-0.2, 0) is 16.6 Å². The summed E-state index contributed by atoms with van der Waals surface area (Å²) < 4.78 is 25.8. The molecule has 5 nitrogen and oxygen atoms in total. The Morgan fingerprint density at radius 2 is 2.22 bits per heavy atom. The van der Waals surface area contributed by atoms with Crippen molar-refractivity contribution in [3.05, 3.63) is 30.1 Å². The Hall–Kier alpha value is -0.980. The predicted octanol–water partition coefficient (Wildman–Crippen LogP) is 0.841. The van der Waals surface area contributed by atoms with Crippen molar-refractivity contribution in [2.75, 3.05) is 20.1 Å². The van der Waals surface area contributed by atoms with Crippen LogP contribution in [0.5, 0.6) is 0 Å². The average molecular weight is 271 g/mol. The van der Waals surface area contributed by atoms with E-state index in [1.807, 2.05) is 13.0 Å². The van der Waals surface area contributed by atoms with Crippen LogP contribution in [-0.4, -0.2) is 43.1 Å². The minimum atomic E-state index is -3.27. The molecule has 1 aromatic rings. The number of rotatable bonds is 7. The molecule has 0 radical (unpaired) electrons. The summed E-state index contributed by atoms with van der Waals surface area (Å²) in [5.41, 5.74) is 0.888. The van der Waals surface area contributed by atoms with E-state index in [4.69, 9.17) is 0 Å². The first-order valence-electron chi connectivity index (χ1n) is 6.03. The van der Waals surface area contributed by atoms with Gasteiger partial charge in [-0.3, -0.25) is 4.98 Å². The quantitative estimate of drug-likeness (QED) is 0.798. The Bertz CT molecular complexity index is 448. The van der Waals surface area contributed by atoms with E-state index in [1.165, 1.54) is 4.31 Å². The van der Waals surface area contributed by atoms with Crippen LogP contribution in [0.2, 0.25) is 0 Å². The van der Waals surface area contributed by atoms with Crippen molar-refractivity contribution >= 4 is 10.0 Å². The Morgan fingerprint density at radius 3 is 2.78 bits per heavy atom. The summed E-state index contributed by atoms with van der Waals surface area (Å²) >= 11 is 0. The lowest BCUT2D eigenvalue weighted by atomic mass is 10.3. The van der Waals surface area contributed by atoms with Crippen molar-refractivity contribution in [2.45, 2.75) is 25.6 Å². The molecule has 0 saturated heterocycles. The van der Waals surface area contributed by atoms with Gasteiger partial charge < -0.3 is 5.32 Å². The van der Waals surface area contributed by atoms with Crippen molar-refractivity contribution in [3.8, 4) is 0 Å². The first kappa shape index (κ1) is 15.1. The van der Waals surface area contributed by atoms with E-state index in [0.717, 1.165) is 12.1 Å². The third kappa shape index (κ3) is 4.04. The molecule has 0 spiro atoms. The van der Waals surface area contributed by atoms with Crippen molar-refractivity contribution in [2.24, 2.45) is 0 Å². The predicted molar refractivity (Wildman–Crippen MR) is 72.6 cm³/mol. The molecule has 6 heteroatoms. The minimum absolute atomic E-state index is 0.354. The summed E-state index contributed by atoms with van der Waals surface area (Å²) in [6, 6.07) is 3.67. The van der Waals surface area contributed by atoms with Gasteiger partial charge >= 0.3 is 0 Å². The highest BCUT2D eigenvalue weighted by molar-refractivity contribution is 7.89. The maximum absolute atomic E-state index is 12.2. The van der Waals surface area contributed by atoms with Crippen LogP contribution < -0.4 is 5.32 Å². The maximum Gasteiger partial charge on any atom is 0.218 e. The van der Waals surface area contributed by atoms with Crippen molar-refractivity contribution in [1.29, 1.82) is 0 Å². The molecule has 0 amide bonds. The largest absolute Gasteiger partial charge is 0.316 e. The molecule has 18 heavy (non-hydrogen) atoms. The summed E-state index contributed by atoms with van der Waals surface area (Å²) in [5, 5.41) is 2.62. The van der Waals surface area contributed by atoms with Gasteiger partial charge in [0.1, 0.15) is 0 Å². The molecule has 102 valence electrons. The topological polar surface area (TPSA) is 62.3 Å². The van der Waals surface area contributed by atoms with E-state index in [1.54, 1.807) is 32.4 Å². The number of nitrogens with one attached hydrogen (secondary N) is 1. The van der Waals surface area contributed by atoms with Gasteiger partial charge in [0, 0.05) is 32.5 Å². The van der Waals surface area contributed by atoms with Crippen LogP contribution in [0, 0.1) is 0 Å². The van der Waals surface area contributed by atoms with E-state index in [9.17, 15) is 8.42 Å². The molecule has 1 rings (SSSR count). The maximum atomic E-state index is 12.2. The Kier molecular flexibility index (Phi) is 5.71. The fourth-order valence-corrected chi connectivity index (χ4v) is 2.87. The molecule has 1 N–H and O–H groups in total. The van der Waals surface area contributed by atoms with Crippen LogP contribution in [0.3, 0.4) is 0 Å². The molecule has 0 aliphatic rings. The van der Waals surface area contributed by atoms with Crippen LogP contribution in [0.15, 0.2) is 24.5 Å². The summed E-state index contributed by atoms with van der Waals surface area (Å²) in [6.07, 6.45) is 3.35. The number of aromatic nitrogens is 1. The molecule has 0 aromatic carbocycles. The molecule has 0 aliphatic carbocycles. The molecule has 1 atom stereocenters. The third-order valence-electron chi connectivity index (χ3n) is 2.75. The van der Waals surface area contributed by atoms with Crippen LogP contribution >= 0.6 is 0 Å². The van der Waals surface area contributed by atoms with Gasteiger partial charge in [-0.25, -0.2) is 12.7 Å². The van der Waals surface area contributed by atoms with Gasteiger partial charge in [-0.05, 0) is 25.1 Å². The first-order valence-corrected chi connectivity index (χ1v) is 7.53. The fourth-order valence-electron chi connectivity index (χ4n) is 1.60. The van der Waals surface area contributed by atoms with Crippen molar-refractivity contribution in [3.63, 3.8) is 0 Å². The Labute approximate surface area is 109 Å². The monoisotopic (exact) mass is 271 g/mol. The zero-order chi connectivity index (χ0) is 13.6. The standard InChI is InChI=1S/C12H21N3O2S/c1-4-13-8-11(2)18(16,17)15(3)10-12-6-5-7-14-9-12/h5-7,9,11,13H,4,8,10H2,1-3H3. The van der Waals surface area contributed by atoms with Crippen molar-refractivity contribution in [1.82, 2.24) is 14.6 Å². The molecular formula is C12H21N3O2S. The third-order valence-corrected chi connectivity index (χ3v) is 4.93. The second-order valence-electron chi connectivity index (χ2n) is 4.28. The minimum Gasteiger partial charge on any atom is -0.316 e. The van der Waals surface area contributed by atoms with E-state index >= 15 is 0 Å². The normalized spacial score (nSPS) is 13.8. The number of hydrogen-bond donors (Lipinski definition) is 1. The summed E-state index contributed by atoms with van der Waals surface area (Å²) in [6.45, 7) is 5.27. The van der Waals surface area contributed by atoms with Gasteiger partial charge in [0.15, 0.2) is 0 Å². The van der Waals surface area contributed by atoms with Gasteiger partial charge in [0.05, 0.1) is 5.25 Å². The lowest BCUT2D eigenvalue weighted by molar-refractivity contribution is 0.454. The van der Waals surface area contributed by atoms with Crippen LogP contribution in [0.4, 0.5) is 0 Å². The van der Waals surface area contributed by atoms with Gasteiger partial charge in [0.2, 0.25) is 10.0 Å². The SMILES string of the molecule is CCNCC(C)S(=O)(=O)N(C)Cc1cccnc1. The second-order valence-corrected chi connectivity index (χ2v) is 6.74. The Morgan fingerprint density at radius 1 is 1.50 bits per heavy atom. The van der Waals surface area contributed by atoms with E-state index in [2.05, 4.69) is 10.3 Å². The number of nitrogens with zero attached hydrogens (tertiary/aromatic N) is 2. The lowest BCUT2D eigenvalue weighted by Crippen LogP contribution is -2.39. The highest BCUT2D eigenvalue weighted by Crippen LogP contribution is 2.10. The lowest BCUT2D eigenvalue weighted by Gasteiger charge is -2.22. The molecule has 1 unspecified atom stereocenters. The molecule has 0 aliphatic heterocycles. The van der Waals surface area contributed by atoms with E-state index in [0.29, 0.717) is 13.1 Å². The molecular weight excluding hydrogens is 250 g/mol. The molecule has 0 bridgehead atoms. The summed E-state index contributed by atoms with van der Waals surface area (Å²) in [5.74, 6) is 0. The first-order chi connectivity index (χ1) is 8.48. The smallest absolute Gasteiger partial charge is 0.218 e. The fraction of sp³-hybridized carbons (Fsp3) is 0.583.